The zero-order chi connectivity index (χ0) is 23.4. The summed E-state index contributed by atoms with van der Waals surface area (Å²) >= 11 is 6.14. The molecular weight excluding hydrogens is 424 g/mol. The van der Waals surface area contributed by atoms with Crippen LogP contribution in [0.5, 0.6) is 0 Å². The minimum atomic E-state index is -1.07. The second-order valence-electron chi connectivity index (χ2n) is 8.02. The number of rotatable bonds is 7. The predicted octanol–water partition coefficient (Wildman–Crippen LogP) is 6.00. The van der Waals surface area contributed by atoms with Gasteiger partial charge in [-0.15, -0.1) is 0 Å². The number of aliphatic carboxylic acids is 1. The molecule has 0 aliphatic rings. The largest absolute Gasteiger partial charge is 0.480 e. The number of carboxylic acid groups (broad SMARTS) is 1. The van der Waals surface area contributed by atoms with Crippen LogP contribution in [-0.2, 0) is 4.79 Å². The van der Waals surface area contributed by atoms with Gasteiger partial charge < -0.3 is 15.7 Å². The summed E-state index contributed by atoms with van der Waals surface area (Å²) in [6, 6.07) is 18.8. The average Bonchev–Trinajstić information content (AvgIpc) is 2.75. The van der Waals surface area contributed by atoms with Gasteiger partial charge in [0.05, 0.1) is 0 Å². The van der Waals surface area contributed by atoms with Gasteiger partial charge in [-0.25, -0.2) is 0 Å². The first-order valence-electron chi connectivity index (χ1n) is 10.4. The number of hydrogen-bond donors (Lipinski definition) is 3. The summed E-state index contributed by atoms with van der Waals surface area (Å²) in [5.74, 6) is -1.47. The Morgan fingerprint density at radius 3 is 2.28 bits per heavy atom. The molecule has 1 amide bonds. The van der Waals surface area contributed by atoms with Crippen LogP contribution in [0.3, 0.4) is 0 Å². The Kier molecular flexibility index (Phi) is 7.21. The minimum Gasteiger partial charge on any atom is -0.480 e. The van der Waals surface area contributed by atoms with Crippen molar-refractivity contribution in [2.45, 2.75) is 39.8 Å². The van der Waals surface area contributed by atoms with Gasteiger partial charge in [0.25, 0.3) is 5.91 Å². The molecule has 0 fully saturated rings. The van der Waals surface area contributed by atoms with Crippen molar-refractivity contribution in [1.29, 1.82) is 0 Å². The topological polar surface area (TPSA) is 78.4 Å². The smallest absolute Gasteiger partial charge is 0.325 e. The summed E-state index contributed by atoms with van der Waals surface area (Å²) in [7, 11) is 0. The van der Waals surface area contributed by atoms with E-state index in [9.17, 15) is 9.59 Å². The summed E-state index contributed by atoms with van der Waals surface area (Å²) in [6.45, 7) is 7.38. The Hall–Kier alpha value is -3.31. The Morgan fingerprint density at radius 1 is 0.906 bits per heavy atom. The van der Waals surface area contributed by atoms with Crippen molar-refractivity contribution in [2.75, 3.05) is 5.32 Å². The number of nitrogens with one attached hydrogen (secondary N) is 2. The quantitative estimate of drug-likeness (QED) is 0.412. The second-order valence-corrected chi connectivity index (χ2v) is 8.43. The summed E-state index contributed by atoms with van der Waals surface area (Å²) in [5.41, 5.74) is 6.41. The van der Waals surface area contributed by atoms with Crippen LogP contribution < -0.4 is 10.6 Å². The van der Waals surface area contributed by atoms with Gasteiger partial charge in [-0.05, 0) is 79.8 Å². The fourth-order valence-electron chi connectivity index (χ4n) is 3.49. The minimum absolute atomic E-state index is 0.102. The molecule has 2 atom stereocenters. The lowest BCUT2D eigenvalue weighted by atomic mass is 9.98. The summed E-state index contributed by atoms with van der Waals surface area (Å²) in [6.07, 6.45) is 0. The van der Waals surface area contributed by atoms with Crippen LogP contribution >= 0.6 is 11.6 Å². The standard InChI is InChI=1S/C26H27ClN2O3/c1-15-12-21(8-10-23(15)25(30)29-18(4)26(31)32)20-6-5-7-22(14-20)28-17(3)19-9-11-24(27)16(2)13-19/h5-14,17-18,28H,1-4H3,(H,29,30)(H,31,32)/t17-,18?/m1/s1. The third-order valence-electron chi connectivity index (χ3n) is 5.45. The lowest BCUT2D eigenvalue weighted by Crippen LogP contribution is -2.38. The summed E-state index contributed by atoms with van der Waals surface area (Å²) < 4.78 is 0. The predicted molar refractivity (Wildman–Crippen MR) is 129 cm³/mol. The highest BCUT2D eigenvalue weighted by Crippen LogP contribution is 2.28. The molecule has 0 radical (unpaired) electrons. The molecule has 1 unspecified atom stereocenters. The molecule has 32 heavy (non-hydrogen) atoms. The zero-order valence-electron chi connectivity index (χ0n) is 18.6. The Morgan fingerprint density at radius 2 is 1.62 bits per heavy atom. The molecule has 3 aromatic carbocycles. The molecule has 3 N–H and O–H groups in total. The molecule has 5 nitrogen and oxygen atoms in total. The molecule has 0 heterocycles. The maximum absolute atomic E-state index is 12.4. The van der Waals surface area contributed by atoms with E-state index in [1.807, 2.05) is 56.3 Å². The van der Waals surface area contributed by atoms with Crippen molar-refractivity contribution in [2.24, 2.45) is 0 Å². The molecule has 0 aromatic heterocycles. The highest BCUT2D eigenvalue weighted by Gasteiger charge is 2.17. The summed E-state index contributed by atoms with van der Waals surface area (Å²) in [5, 5.41) is 15.8. The maximum atomic E-state index is 12.4. The first kappa shape index (κ1) is 23.4. The second kappa shape index (κ2) is 9.88. The normalized spacial score (nSPS) is 12.7. The first-order chi connectivity index (χ1) is 15.2. The molecule has 3 aromatic rings. The van der Waals surface area contributed by atoms with E-state index in [2.05, 4.69) is 29.7 Å². The van der Waals surface area contributed by atoms with Gasteiger partial charge in [-0.3, -0.25) is 9.59 Å². The lowest BCUT2D eigenvalue weighted by Gasteiger charge is -2.18. The highest BCUT2D eigenvalue weighted by molar-refractivity contribution is 6.31. The van der Waals surface area contributed by atoms with Crippen LogP contribution in [0, 0.1) is 13.8 Å². The number of carboxylic acids is 1. The van der Waals surface area contributed by atoms with E-state index in [-0.39, 0.29) is 6.04 Å². The van der Waals surface area contributed by atoms with E-state index < -0.39 is 17.9 Å². The molecule has 0 saturated heterocycles. The number of carbonyl (C=O) groups is 2. The number of carbonyl (C=O) groups excluding carboxylic acids is 1. The van der Waals surface area contributed by atoms with Crippen LogP contribution in [0.25, 0.3) is 11.1 Å². The molecular formula is C26H27ClN2O3. The van der Waals surface area contributed by atoms with Gasteiger partial charge >= 0.3 is 5.97 Å². The molecule has 6 heteroatoms. The molecule has 0 saturated carbocycles. The number of halogens is 1. The number of aryl methyl sites for hydroxylation is 2. The fraction of sp³-hybridized carbons (Fsp3) is 0.231. The monoisotopic (exact) mass is 450 g/mol. The number of benzene rings is 3. The van der Waals surface area contributed by atoms with E-state index in [4.69, 9.17) is 16.7 Å². The third-order valence-corrected chi connectivity index (χ3v) is 5.87. The van der Waals surface area contributed by atoms with Gasteiger partial charge in [-0.1, -0.05) is 48.0 Å². The zero-order valence-corrected chi connectivity index (χ0v) is 19.3. The SMILES string of the molecule is Cc1cc([C@@H](C)Nc2cccc(-c3ccc(C(=O)NC(C)C(=O)O)c(C)c3)c2)ccc1Cl. The van der Waals surface area contributed by atoms with Crippen LogP contribution in [0.1, 0.15) is 46.9 Å². The number of amides is 1. The first-order valence-corrected chi connectivity index (χ1v) is 10.8. The molecule has 0 aliphatic carbocycles. The van der Waals surface area contributed by atoms with Crippen LogP contribution in [0.2, 0.25) is 5.02 Å². The fourth-order valence-corrected chi connectivity index (χ4v) is 3.61. The van der Waals surface area contributed by atoms with Crippen LogP contribution in [0.4, 0.5) is 5.69 Å². The molecule has 0 aliphatic heterocycles. The third kappa shape index (κ3) is 5.48. The van der Waals surface area contributed by atoms with E-state index in [1.165, 1.54) is 6.92 Å². The Bertz CT molecular complexity index is 1160. The van der Waals surface area contributed by atoms with Gasteiger partial charge in [0.1, 0.15) is 6.04 Å². The van der Waals surface area contributed by atoms with Crippen molar-refractivity contribution < 1.29 is 14.7 Å². The van der Waals surface area contributed by atoms with Crippen molar-refractivity contribution in [3.05, 3.63) is 87.9 Å². The molecule has 0 spiro atoms. The van der Waals surface area contributed by atoms with E-state index in [1.54, 1.807) is 6.07 Å². The van der Waals surface area contributed by atoms with Crippen molar-refractivity contribution in [3.63, 3.8) is 0 Å². The Labute approximate surface area is 193 Å². The number of anilines is 1. The Balaban J connectivity index is 1.78. The highest BCUT2D eigenvalue weighted by atomic mass is 35.5. The van der Waals surface area contributed by atoms with Gasteiger partial charge in [0, 0.05) is 22.3 Å². The van der Waals surface area contributed by atoms with Gasteiger partial charge in [0.2, 0.25) is 0 Å². The van der Waals surface area contributed by atoms with E-state index >= 15 is 0 Å². The molecule has 3 rings (SSSR count). The lowest BCUT2D eigenvalue weighted by molar-refractivity contribution is -0.138. The van der Waals surface area contributed by atoms with Crippen LogP contribution in [0.15, 0.2) is 60.7 Å². The average molecular weight is 451 g/mol. The van der Waals surface area contributed by atoms with Gasteiger partial charge in [0.15, 0.2) is 0 Å². The van der Waals surface area contributed by atoms with Crippen LogP contribution in [-0.4, -0.2) is 23.0 Å². The summed E-state index contributed by atoms with van der Waals surface area (Å²) in [4.78, 5) is 23.4. The van der Waals surface area contributed by atoms with Crippen molar-refractivity contribution in [3.8, 4) is 11.1 Å². The maximum Gasteiger partial charge on any atom is 0.325 e. The van der Waals surface area contributed by atoms with E-state index in [0.717, 1.165) is 38.5 Å². The van der Waals surface area contributed by atoms with Crippen molar-refractivity contribution in [1.82, 2.24) is 5.32 Å². The van der Waals surface area contributed by atoms with E-state index in [0.29, 0.717) is 5.56 Å². The number of hydrogen-bond acceptors (Lipinski definition) is 3. The van der Waals surface area contributed by atoms with Crippen molar-refractivity contribution >= 4 is 29.2 Å². The molecule has 166 valence electrons. The molecule has 0 bridgehead atoms. The van der Waals surface area contributed by atoms with Gasteiger partial charge in [-0.2, -0.15) is 0 Å².